The van der Waals surface area contributed by atoms with Gasteiger partial charge >= 0.3 is 0 Å². The van der Waals surface area contributed by atoms with Gasteiger partial charge in [0, 0.05) is 17.1 Å². The normalized spacial score (nSPS) is 10.6. The molecule has 4 heteroatoms. The van der Waals surface area contributed by atoms with E-state index in [2.05, 4.69) is 4.98 Å². The molecule has 3 aromatic rings. The summed E-state index contributed by atoms with van der Waals surface area (Å²) in [6.07, 6.45) is 1.70. The Hall–Kier alpha value is -2.59. The molecule has 0 aliphatic heterocycles. The molecule has 0 atom stereocenters. The number of nitrogens with zero attached hydrogens (tertiary/aromatic N) is 1. The van der Waals surface area contributed by atoms with Crippen molar-refractivity contribution in [3.05, 3.63) is 60.3 Å². The van der Waals surface area contributed by atoms with Crippen molar-refractivity contribution in [1.29, 1.82) is 0 Å². The molecule has 0 saturated heterocycles. The molecule has 0 bridgehead atoms. The smallest absolute Gasteiger partial charge is 0.227 e. The van der Waals surface area contributed by atoms with Crippen molar-refractivity contribution in [2.75, 3.05) is 7.11 Å². The Morgan fingerprint density at radius 3 is 2.76 bits per heavy atom. The monoisotopic (exact) mass is 281 g/mol. The van der Waals surface area contributed by atoms with Crippen LogP contribution < -0.4 is 9.47 Å². The fraction of sp³-hybridized carbons (Fsp3) is 0.118. The van der Waals surface area contributed by atoms with E-state index in [0.717, 1.165) is 22.1 Å². The van der Waals surface area contributed by atoms with Gasteiger partial charge in [-0.05, 0) is 29.7 Å². The zero-order valence-corrected chi connectivity index (χ0v) is 11.6. The lowest BCUT2D eigenvalue weighted by Crippen LogP contribution is -1.94. The van der Waals surface area contributed by atoms with Crippen LogP contribution in [-0.2, 0) is 6.61 Å². The van der Waals surface area contributed by atoms with Crippen molar-refractivity contribution in [3.8, 4) is 17.4 Å². The van der Waals surface area contributed by atoms with Gasteiger partial charge in [-0.1, -0.05) is 24.3 Å². The molecule has 1 N–H and O–H groups in total. The minimum atomic E-state index is -0.0791. The summed E-state index contributed by atoms with van der Waals surface area (Å²) in [6, 6.07) is 15.0. The number of fused-ring (bicyclic) bond motifs is 1. The Morgan fingerprint density at radius 1 is 1.10 bits per heavy atom. The molecule has 21 heavy (non-hydrogen) atoms. The van der Waals surface area contributed by atoms with Crippen LogP contribution in [0.15, 0.2) is 54.7 Å². The first-order valence-electron chi connectivity index (χ1n) is 6.61. The molecule has 4 nitrogen and oxygen atoms in total. The van der Waals surface area contributed by atoms with Crippen LogP contribution in [0.2, 0.25) is 0 Å². The number of rotatable bonds is 4. The van der Waals surface area contributed by atoms with Crippen LogP contribution in [0.1, 0.15) is 5.56 Å². The number of para-hydroxylation sites is 1. The number of aliphatic hydroxyl groups is 1. The highest BCUT2D eigenvalue weighted by Crippen LogP contribution is 2.31. The number of aromatic nitrogens is 1. The zero-order chi connectivity index (χ0) is 14.7. The van der Waals surface area contributed by atoms with Crippen LogP contribution in [0.3, 0.4) is 0 Å². The van der Waals surface area contributed by atoms with Crippen LogP contribution >= 0.6 is 0 Å². The molecule has 1 heterocycles. The predicted molar refractivity (Wildman–Crippen MR) is 80.7 cm³/mol. The minimum Gasteiger partial charge on any atom is -0.497 e. The fourth-order valence-electron chi connectivity index (χ4n) is 2.17. The van der Waals surface area contributed by atoms with Gasteiger partial charge in [0.25, 0.3) is 0 Å². The van der Waals surface area contributed by atoms with Crippen molar-refractivity contribution in [2.24, 2.45) is 0 Å². The maximum Gasteiger partial charge on any atom is 0.227 e. The molecule has 3 rings (SSSR count). The number of aliphatic hydroxyl groups excluding tert-OH is 1. The predicted octanol–water partition coefficient (Wildman–Crippen LogP) is 3.53. The molecule has 0 aliphatic rings. The molecular weight excluding hydrogens is 266 g/mol. The van der Waals surface area contributed by atoms with Gasteiger partial charge in [0.1, 0.15) is 11.5 Å². The lowest BCUT2D eigenvalue weighted by Gasteiger charge is -2.11. The maximum absolute atomic E-state index is 9.37. The van der Waals surface area contributed by atoms with E-state index in [1.807, 2.05) is 48.5 Å². The summed E-state index contributed by atoms with van der Waals surface area (Å²) < 4.78 is 11.1. The average molecular weight is 281 g/mol. The molecular formula is C17H15NO3. The molecule has 0 aliphatic carbocycles. The quantitative estimate of drug-likeness (QED) is 0.795. The van der Waals surface area contributed by atoms with Gasteiger partial charge in [-0.15, -0.1) is 0 Å². The van der Waals surface area contributed by atoms with Gasteiger partial charge in [0.2, 0.25) is 5.88 Å². The Kier molecular flexibility index (Phi) is 3.71. The Bertz CT molecular complexity index is 771. The molecule has 0 radical (unpaired) electrons. The van der Waals surface area contributed by atoms with Gasteiger partial charge < -0.3 is 14.6 Å². The summed E-state index contributed by atoms with van der Waals surface area (Å²) in [4.78, 5) is 4.29. The van der Waals surface area contributed by atoms with E-state index >= 15 is 0 Å². The third-order valence-electron chi connectivity index (χ3n) is 3.29. The maximum atomic E-state index is 9.37. The first kappa shape index (κ1) is 13.4. The number of hydrogen-bond donors (Lipinski definition) is 1. The highest BCUT2D eigenvalue weighted by atomic mass is 16.5. The number of benzene rings is 2. The highest BCUT2D eigenvalue weighted by Gasteiger charge is 2.09. The molecule has 1 aromatic heterocycles. The second kappa shape index (κ2) is 5.81. The first-order valence-corrected chi connectivity index (χ1v) is 6.61. The van der Waals surface area contributed by atoms with Crippen molar-refractivity contribution in [2.45, 2.75) is 6.61 Å². The summed E-state index contributed by atoms with van der Waals surface area (Å²) in [5.41, 5.74) is 0.721. The second-order valence-electron chi connectivity index (χ2n) is 4.57. The Balaban J connectivity index is 2.07. The van der Waals surface area contributed by atoms with Crippen molar-refractivity contribution in [3.63, 3.8) is 0 Å². The average Bonchev–Trinajstić information content (AvgIpc) is 2.55. The lowest BCUT2D eigenvalue weighted by molar-refractivity contribution is 0.276. The van der Waals surface area contributed by atoms with E-state index in [9.17, 15) is 5.11 Å². The first-order chi connectivity index (χ1) is 10.3. The number of hydrogen-bond acceptors (Lipinski definition) is 4. The lowest BCUT2D eigenvalue weighted by atomic mass is 10.1. The third-order valence-corrected chi connectivity index (χ3v) is 3.29. The summed E-state index contributed by atoms with van der Waals surface area (Å²) in [5.74, 6) is 1.84. The van der Waals surface area contributed by atoms with Crippen LogP contribution in [0.4, 0.5) is 0 Å². The molecule has 0 unspecified atom stereocenters. The van der Waals surface area contributed by atoms with E-state index < -0.39 is 0 Å². The summed E-state index contributed by atoms with van der Waals surface area (Å²) in [7, 11) is 1.62. The zero-order valence-electron chi connectivity index (χ0n) is 11.6. The Labute approximate surface area is 122 Å². The number of methoxy groups -OCH3 is 1. The van der Waals surface area contributed by atoms with Gasteiger partial charge in [-0.2, -0.15) is 0 Å². The van der Waals surface area contributed by atoms with Crippen molar-refractivity contribution in [1.82, 2.24) is 4.98 Å². The topological polar surface area (TPSA) is 51.6 Å². The van der Waals surface area contributed by atoms with Crippen LogP contribution in [-0.4, -0.2) is 17.2 Å². The second-order valence-corrected chi connectivity index (χ2v) is 4.57. The SMILES string of the molecule is COc1ccc2ccnc(Oc3ccccc3CO)c2c1. The standard InChI is InChI=1S/C17H15NO3/c1-20-14-7-6-12-8-9-18-17(15(12)10-14)21-16-5-3-2-4-13(16)11-19/h2-10,19H,11H2,1H3. The molecule has 0 saturated carbocycles. The Morgan fingerprint density at radius 2 is 1.95 bits per heavy atom. The van der Waals surface area contributed by atoms with Crippen molar-refractivity contribution >= 4 is 10.8 Å². The summed E-state index contributed by atoms with van der Waals surface area (Å²) in [6.45, 7) is -0.0791. The van der Waals surface area contributed by atoms with Gasteiger partial charge in [-0.3, -0.25) is 0 Å². The van der Waals surface area contributed by atoms with Gasteiger partial charge in [-0.25, -0.2) is 4.98 Å². The van der Waals surface area contributed by atoms with E-state index in [1.54, 1.807) is 13.3 Å². The van der Waals surface area contributed by atoms with E-state index in [0.29, 0.717) is 11.6 Å². The molecule has 0 fully saturated rings. The minimum absolute atomic E-state index is 0.0791. The molecule has 106 valence electrons. The third kappa shape index (κ3) is 2.66. The highest BCUT2D eigenvalue weighted by molar-refractivity contribution is 5.88. The van der Waals surface area contributed by atoms with E-state index in [4.69, 9.17) is 9.47 Å². The number of pyridine rings is 1. The van der Waals surface area contributed by atoms with Crippen LogP contribution in [0.5, 0.6) is 17.4 Å². The van der Waals surface area contributed by atoms with Gasteiger partial charge in [0.05, 0.1) is 13.7 Å². The molecule has 0 amide bonds. The van der Waals surface area contributed by atoms with E-state index in [-0.39, 0.29) is 6.61 Å². The fourth-order valence-corrected chi connectivity index (χ4v) is 2.17. The van der Waals surface area contributed by atoms with Crippen LogP contribution in [0.25, 0.3) is 10.8 Å². The van der Waals surface area contributed by atoms with E-state index in [1.165, 1.54) is 0 Å². The van der Waals surface area contributed by atoms with Crippen molar-refractivity contribution < 1.29 is 14.6 Å². The summed E-state index contributed by atoms with van der Waals surface area (Å²) in [5, 5.41) is 11.3. The largest absolute Gasteiger partial charge is 0.497 e. The molecule has 0 spiro atoms. The number of ether oxygens (including phenoxy) is 2. The van der Waals surface area contributed by atoms with Gasteiger partial charge in [0.15, 0.2) is 0 Å². The van der Waals surface area contributed by atoms with Crippen LogP contribution in [0, 0.1) is 0 Å². The summed E-state index contributed by atoms with van der Waals surface area (Å²) >= 11 is 0. The molecule has 2 aromatic carbocycles.